The summed E-state index contributed by atoms with van der Waals surface area (Å²) in [6.07, 6.45) is 0. The maximum atomic E-state index is 12.2. The molecule has 1 amide bonds. The summed E-state index contributed by atoms with van der Waals surface area (Å²) >= 11 is 1.70. The summed E-state index contributed by atoms with van der Waals surface area (Å²) in [5.74, 6) is 1.42. The van der Waals surface area contributed by atoms with Crippen molar-refractivity contribution in [3.63, 3.8) is 0 Å². The molecule has 16 heavy (non-hydrogen) atoms. The number of amides is 1. The molecule has 2 aliphatic heterocycles. The number of carbonyl (C=O) groups is 1. The van der Waals surface area contributed by atoms with Crippen molar-refractivity contribution in [1.29, 1.82) is 0 Å². The smallest absolute Gasteiger partial charge is 0.257 e. The van der Waals surface area contributed by atoms with Gasteiger partial charge < -0.3 is 10.0 Å². The first-order chi connectivity index (χ1) is 7.64. The molecule has 0 bridgehead atoms. The molecule has 1 aromatic carbocycles. The molecular weight excluding hydrogens is 222 g/mol. The normalized spacial score (nSPS) is 32.5. The van der Waals surface area contributed by atoms with Crippen LogP contribution in [0.25, 0.3) is 0 Å². The summed E-state index contributed by atoms with van der Waals surface area (Å²) in [7, 11) is 0. The van der Waals surface area contributed by atoms with Crippen molar-refractivity contribution in [2.75, 3.05) is 11.5 Å². The van der Waals surface area contributed by atoms with Crippen LogP contribution >= 0.6 is 11.8 Å². The number of rotatable bonds is 0. The van der Waals surface area contributed by atoms with Crippen molar-refractivity contribution < 1.29 is 9.90 Å². The number of hydrogen-bond acceptors (Lipinski definition) is 3. The van der Waals surface area contributed by atoms with Crippen LogP contribution in [-0.2, 0) is 5.72 Å². The molecule has 2 atom stereocenters. The second-order valence-corrected chi connectivity index (χ2v) is 5.43. The van der Waals surface area contributed by atoms with Crippen LogP contribution in [0.4, 0.5) is 0 Å². The lowest BCUT2D eigenvalue weighted by Gasteiger charge is -2.42. The Morgan fingerprint density at radius 2 is 2.25 bits per heavy atom. The van der Waals surface area contributed by atoms with Gasteiger partial charge in [0.15, 0.2) is 5.72 Å². The molecule has 0 aromatic heterocycles. The fourth-order valence-electron chi connectivity index (χ4n) is 2.60. The minimum Gasteiger partial charge on any atom is -0.366 e. The molecule has 1 aromatic rings. The molecule has 3 rings (SSSR count). The first kappa shape index (κ1) is 10.2. The molecule has 2 heterocycles. The Labute approximate surface area is 98.4 Å². The van der Waals surface area contributed by atoms with E-state index in [9.17, 15) is 9.90 Å². The van der Waals surface area contributed by atoms with Crippen molar-refractivity contribution in [3.05, 3.63) is 35.4 Å². The predicted molar refractivity (Wildman–Crippen MR) is 63.3 cm³/mol. The highest BCUT2D eigenvalue weighted by Crippen LogP contribution is 2.43. The highest BCUT2D eigenvalue weighted by Gasteiger charge is 2.52. The molecule has 0 radical (unpaired) electrons. The molecule has 3 nitrogen and oxygen atoms in total. The van der Waals surface area contributed by atoms with E-state index in [1.54, 1.807) is 22.7 Å². The average molecular weight is 235 g/mol. The lowest BCUT2D eigenvalue weighted by atomic mass is 10.0. The van der Waals surface area contributed by atoms with Gasteiger partial charge in [0.1, 0.15) is 0 Å². The first-order valence-electron chi connectivity index (χ1n) is 5.38. The monoisotopic (exact) mass is 235 g/mol. The van der Waals surface area contributed by atoms with Crippen molar-refractivity contribution >= 4 is 17.7 Å². The van der Waals surface area contributed by atoms with Crippen LogP contribution in [0.15, 0.2) is 24.3 Å². The van der Waals surface area contributed by atoms with Gasteiger partial charge in [-0.25, -0.2) is 0 Å². The second-order valence-electron chi connectivity index (χ2n) is 4.40. The molecular formula is C12H13NO2S. The molecule has 4 heteroatoms. The summed E-state index contributed by atoms with van der Waals surface area (Å²) in [5, 5.41) is 10.7. The van der Waals surface area contributed by atoms with Crippen LogP contribution in [0.5, 0.6) is 0 Å². The number of thioether (sulfide) groups is 1. The van der Waals surface area contributed by atoms with Crippen LogP contribution in [0, 0.1) is 0 Å². The third-order valence-electron chi connectivity index (χ3n) is 3.31. The zero-order chi connectivity index (χ0) is 11.3. The Kier molecular flexibility index (Phi) is 2.06. The van der Waals surface area contributed by atoms with E-state index in [4.69, 9.17) is 0 Å². The van der Waals surface area contributed by atoms with E-state index in [1.807, 2.05) is 25.1 Å². The molecule has 0 saturated carbocycles. The van der Waals surface area contributed by atoms with Crippen LogP contribution in [0.2, 0.25) is 0 Å². The minimum atomic E-state index is -1.09. The quantitative estimate of drug-likeness (QED) is 0.739. The third-order valence-corrected chi connectivity index (χ3v) is 4.63. The van der Waals surface area contributed by atoms with Crippen LogP contribution < -0.4 is 0 Å². The Morgan fingerprint density at radius 1 is 1.50 bits per heavy atom. The van der Waals surface area contributed by atoms with E-state index >= 15 is 0 Å². The fourth-order valence-corrected chi connectivity index (χ4v) is 3.79. The Hall–Kier alpha value is -1.00. The maximum absolute atomic E-state index is 12.2. The highest BCUT2D eigenvalue weighted by molar-refractivity contribution is 7.99. The van der Waals surface area contributed by atoms with E-state index < -0.39 is 5.72 Å². The second kappa shape index (κ2) is 3.25. The summed E-state index contributed by atoms with van der Waals surface area (Å²) in [4.78, 5) is 13.8. The zero-order valence-electron chi connectivity index (χ0n) is 9.01. The van der Waals surface area contributed by atoms with Gasteiger partial charge in [-0.05, 0) is 13.0 Å². The first-order valence-corrected chi connectivity index (χ1v) is 6.53. The highest BCUT2D eigenvalue weighted by atomic mass is 32.2. The van der Waals surface area contributed by atoms with Crippen molar-refractivity contribution in [2.45, 2.75) is 18.7 Å². The van der Waals surface area contributed by atoms with Crippen LogP contribution in [-0.4, -0.2) is 33.5 Å². The fraction of sp³-hybridized carbons (Fsp3) is 0.417. The molecule has 1 N–H and O–H groups in total. The predicted octanol–water partition coefficient (Wildman–Crippen LogP) is 1.42. The van der Waals surface area contributed by atoms with E-state index in [0.29, 0.717) is 11.3 Å². The number of hydrogen-bond donors (Lipinski definition) is 1. The zero-order valence-corrected chi connectivity index (χ0v) is 9.83. The van der Waals surface area contributed by atoms with Gasteiger partial charge in [-0.1, -0.05) is 18.2 Å². The molecule has 2 aliphatic rings. The molecule has 84 valence electrons. The average Bonchev–Trinajstić information content (AvgIpc) is 2.50. The van der Waals surface area contributed by atoms with E-state index in [2.05, 4.69) is 0 Å². The number of benzene rings is 1. The summed E-state index contributed by atoms with van der Waals surface area (Å²) in [5.41, 5.74) is 0.328. The van der Waals surface area contributed by atoms with Gasteiger partial charge in [-0.3, -0.25) is 4.79 Å². The van der Waals surface area contributed by atoms with E-state index in [1.165, 1.54) is 0 Å². The lowest BCUT2D eigenvalue weighted by molar-refractivity contribution is -0.0808. The summed E-state index contributed by atoms with van der Waals surface area (Å²) < 4.78 is 0. The molecule has 1 saturated heterocycles. The number of fused-ring (bicyclic) bond motifs is 3. The summed E-state index contributed by atoms with van der Waals surface area (Å²) in [6, 6.07) is 7.45. The molecule has 0 unspecified atom stereocenters. The Morgan fingerprint density at radius 3 is 3.06 bits per heavy atom. The van der Waals surface area contributed by atoms with E-state index in [0.717, 1.165) is 11.3 Å². The standard InChI is InChI=1S/C12H13NO2S/c1-8-6-16-7-12(15)10-5-3-2-4-9(10)11(14)13(8)12/h2-5,8,15H,6-7H2,1H3/t8-,12+/m1/s1. The number of aliphatic hydroxyl groups is 1. The molecule has 0 aliphatic carbocycles. The van der Waals surface area contributed by atoms with Crippen molar-refractivity contribution in [3.8, 4) is 0 Å². The van der Waals surface area contributed by atoms with Gasteiger partial charge in [0, 0.05) is 28.7 Å². The topological polar surface area (TPSA) is 40.5 Å². The molecule has 1 fully saturated rings. The van der Waals surface area contributed by atoms with Crippen molar-refractivity contribution in [1.82, 2.24) is 4.90 Å². The van der Waals surface area contributed by atoms with Gasteiger partial charge >= 0.3 is 0 Å². The SMILES string of the molecule is C[C@@H]1CSC[C@]2(O)c3ccccc3C(=O)N12. The Bertz CT molecular complexity index is 462. The molecule has 0 spiro atoms. The van der Waals surface area contributed by atoms with Gasteiger partial charge in [-0.2, -0.15) is 11.8 Å². The van der Waals surface area contributed by atoms with Gasteiger partial charge in [-0.15, -0.1) is 0 Å². The van der Waals surface area contributed by atoms with Gasteiger partial charge in [0.2, 0.25) is 0 Å². The van der Waals surface area contributed by atoms with Crippen molar-refractivity contribution in [2.24, 2.45) is 0 Å². The number of nitrogens with zero attached hydrogens (tertiary/aromatic N) is 1. The maximum Gasteiger partial charge on any atom is 0.257 e. The van der Waals surface area contributed by atoms with Crippen LogP contribution in [0.1, 0.15) is 22.8 Å². The largest absolute Gasteiger partial charge is 0.366 e. The lowest BCUT2D eigenvalue weighted by Crippen LogP contribution is -2.54. The van der Waals surface area contributed by atoms with Crippen LogP contribution in [0.3, 0.4) is 0 Å². The Balaban J connectivity index is 2.20. The van der Waals surface area contributed by atoms with Gasteiger partial charge in [0.25, 0.3) is 5.91 Å². The third kappa shape index (κ3) is 1.11. The summed E-state index contributed by atoms with van der Waals surface area (Å²) in [6.45, 7) is 1.99. The van der Waals surface area contributed by atoms with Gasteiger partial charge in [0.05, 0.1) is 0 Å². The minimum absolute atomic E-state index is 0.0362. The number of carbonyl (C=O) groups excluding carboxylic acids is 1. The van der Waals surface area contributed by atoms with E-state index in [-0.39, 0.29) is 11.9 Å².